The number of piperazine rings is 1. The molecule has 6 rings (SSSR count). The van der Waals surface area contributed by atoms with Gasteiger partial charge >= 0.3 is 12.0 Å². The maximum Gasteiger partial charge on any atom is 0.337 e. The third kappa shape index (κ3) is 6.34. The zero-order valence-corrected chi connectivity index (χ0v) is 26.4. The zero-order valence-electron chi connectivity index (χ0n) is 26.4. The third-order valence-corrected chi connectivity index (χ3v) is 9.95. The van der Waals surface area contributed by atoms with E-state index in [-0.39, 0.29) is 30.4 Å². The van der Waals surface area contributed by atoms with Gasteiger partial charge in [0, 0.05) is 55.9 Å². The van der Waals surface area contributed by atoms with E-state index in [0.717, 1.165) is 75.1 Å². The van der Waals surface area contributed by atoms with Crippen molar-refractivity contribution < 1.29 is 19.1 Å². The van der Waals surface area contributed by atoms with Crippen molar-refractivity contribution in [3.63, 3.8) is 0 Å². The first-order valence-corrected chi connectivity index (χ1v) is 16.2. The molecule has 4 heterocycles. The minimum Gasteiger partial charge on any atom is -0.465 e. The predicted octanol–water partition coefficient (Wildman–Crippen LogP) is 3.16. The Labute approximate surface area is 265 Å². The summed E-state index contributed by atoms with van der Waals surface area (Å²) in [5.41, 5.74) is 5.09. The highest BCUT2D eigenvalue weighted by Crippen LogP contribution is 2.37. The first-order valence-electron chi connectivity index (χ1n) is 16.2. The molecule has 1 aromatic carbocycles. The number of ether oxygens (including phenoxy) is 2. The Hall–Kier alpha value is -4.17. The highest BCUT2D eigenvalue weighted by Gasteiger charge is 2.35. The van der Waals surface area contributed by atoms with Gasteiger partial charge in [0.2, 0.25) is 5.91 Å². The summed E-state index contributed by atoms with van der Waals surface area (Å²) in [6, 6.07) is 8.91. The standard InChI is InChI=1S/C34H43N7O4/c1-4-31(42)41-18-17-39(21-26(41)13-14-35)32-28-11-10-25(20-29(28)36-34(37-32)45-22-27-8-6-15-38(27)2)40-16-5-7-23-19-24(33(43)44-3)9-12-30(23)40/h4,9,12,19,25-27H,1,5-8,10-11,13,15-18,20-22H2,2-3H3. The summed E-state index contributed by atoms with van der Waals surface area (Å²) >= 11 is 0. The molecular formula is C34H43N7O4. The van der Waals surface area contributed by atoms with Crippen molar-refractivity contribution in [1.82, 2.24) is 19.8 Å². The Bertz CT molecular complexity index is 1490. The number of aryl methyl sites for hydroxylation is 1. The van der Waals surface area contributed by atoms with E-state index in [4.69, 9.17) is 19.4 Å². The number of likely N-dealkylation sites (tertiary alicyclic amines) is 1. The molecular weight excluding hydrogens is 570 g/mol. The van der Waals surface area contributed by atoms with Gasteiger partial charge in [0.05, 0.1) is 36.9 Å². The van der Waals surface area contributed by atoms with Crippen LogP contribution in [0.1, 0.15) is 59.3 Å². The number of methoxy groups -OCH3 is 1. The predicted molar refractivity (Wildman–Crippen MR) is 171 cm³/mol. The Balaban J connectivity index is 1.29. The van der Waals surface area contributed by atoms with Gasteiger partial charge in [0.25, 0.3) is 0 Å². The number of fused-ring (bicyclic) bond motifs is 2. The number of carbonyl (C=O) groups excluding carboxylic acids is 2. The number of amides is 1. The van der Waals surface area contributed by atoms with Crippen LogP contribution in [0.4, 0.5) is 11.5 Å². The minimum atomic E-state index is -0.311. The van der Waals surface area contributed by atoms with Crippen LogP contribution in [0.2, 0.25) is 0 Å². The molecule has 2 saturated heterocycles. The van der Waals surface area contributed by atoms with E-state index in [1.807, 2.05) is 12.1 Å². The number of esters is 1. The van der Waals surface area contributed by atoms with Crippen LogP contribution >= 0.6 is 0 Å². The van der Waals surface area contributed by atoms with Gasteiger partial charge in [-0.1, -0.05) is 6.58 Å². The molecule has 11 heteroatoms. The fraction of sp³-hybridized carbons (Fsp3) is 0.559. The fourth-order valence-electron chi connectivity index (χ4n) is 7.49. The maximum absolute atomic E-state index is 12.6. The average molecular weight is 614 g/mol. The zero-order chi connectivity index (χ0) is 31.5. The Morgan fingerprint density at radius 1 is 1.11 bits per heavy atom. The second-order valence-electron chi connectivity index (χ2n) is 12.6. The topological polar surface area (TPSA) is 115 Å². The van der Waals surface area contributed by atoms with Gasteiger partial charge in [-0.2, -0.15) is 15.2 Å². The number of nitriles is 1. The van der Waals surface area contributed by atoms with Crippen LogP contribution < -0.4 is 14.5 Å². The molecule has 45 heavy (non-hydrogen) atoms. The second kappa shape index (κ2) is 13.4. The summed E-state index contributed by atoms with van der Waals surface area (Å²) in [5, 5.41) is 9.55. The lowest BCUT2D eigenvalue weighted by atomic mass is 9.88. The van der Waals surface area contributed by atoms with Crippen LogP contribution in [0.3, 0.4) is 0 Å². The summed E-state index contributed by atoms with van der Waals surface area (Å²) in [5.74, 6) is 0.407. The molecule has 1 aliphatic carbocycles. The van der Waals surface area contributed by atoms with E-state index < -0.39 is 0 Å². The van der Waals surface area contributed by atoms with Crippen LogP contribution in [-0.4, -0.2) is 103 Å². The largest absolute Gasteiger partial charge is 0.465 e. The monoisotopic (exact) mass is 613 g/mol. The molecule has 0 radical (unpaired) electrons. The molecule has 3 unspecified atom stereocenters. The number of rotatable bonds is 8. The van der Waals surface area contributed by atoms with E-state index in [2.05, 4.69) is 40.5 Å². The van der Waals surface area contributed by atoms with E-state index in [0.29, 0.717) is 43.9 Å². The molecule has 4 aliphatic rings. The van der Waals surface area contributed by atoms with Crippen molar-refractivity contribution in [3.8, 4) is 12.1 Å². The molecule has 0 saturated carbocycles. The van der Waals surface area contributed by atoms with Gasteiger partial charge in [-0.3, -0.25) is 4.79 Å². The minimum absolute atomic E-state index is 0.146. The average Bonchev–Trinajstić information content (AvgIpc) is 3.49. The lowest BCUT2D eigenvalue weighted by Gasteiger charge is -2.43. The van der Waals surface area contributed by atoms with E-state index in [9.17, 15) is 14.9 Å². The number of anilines is 2. The van der Waals surface area contributed by atoms with Crippen LogP contribution in [-0.2, 0) is 28.8 Å². The molecule has 3 aliphatic heterocycles. The van der Waals surface area contributed by atoms with Gasteiger partial charge in [0.15, 0.2) is 0 Å². The molecule has 238 valence electrons. The Morgan fingerprint density at radius 3 is 2.73 bits per heavy atom. The summed E-state index contributed by atoms with van der Waals surface area (Å²) in [6.45, 7) is 7.85. The molecule has 2 fully saturated rings. The highest BCUT2D eigenvalue weighted by atomic mass is 16.5. The second-order valence-corrected chi connectivity index (χ2v) is 12.6. The van der Waals surface area contributed by atoms with Gasteiger partial charge in [-0.25, -0.2) is 4.79 Å². The van der Waals surface area contributed by atoms with Crippen molar-refractivity contribution in [2.45, 2.75) is 69.5 Å². The summed E-state index contributed by atoms with van der Waals surface area (Å²) in [6.07, 6.45) is 8.32. The van der Waals surface area contributed by atoms with Gasteiger partial charge in [-0.05, 0) is 82.0 Å². The van der Waals surface area contributed by atoms with Crippen LogP contribution in [0.25, 0.3) is 0 Å². The quantitative estimate of drug-likeness (QED) is 0.325. The van der Waals surface area contributed by atoms with Crippen LogP contribution in [0.5, 0.6) is 6.01 Å². The molecule has 3 atom stereocenters. The van der Waals surface area contributed by atoms with Crippen LogP contribution in [0.15, 0.2) is 30.9 Å². The van der Waals surface area contributed by atoms with Crippen molar-refractivity contribution in [1.29, 1.82) is 5.26 Å². The maximum atomic E-state index is 12.6. The van der Waals surface area contributed by atoms with E-state index in [1.54, 1.807) is 4.90 Å². The summed E-state index contributed by atoms with van der Waals surface area (Å²) in [7, 11) is 3.55. The number of nitrogens with zero attached hydrogens (tertiary/aromatic N) is 7. The Morgan fingerprint density at radius 2 is 1.98 bits per heavy atom. The normalized spacial score (nSPS) is 23.1. The van der Waals surface area contributed by atoms with Gasteiger partial charge in [-0.15, -0.1) is 0 Å². The van der Waals surface area contributed by atoms with Gasteiger partial charge in [0.1, 0.15) is 12.4 Å². The van der Waals surface area contributed by atoms with Crippen molar-refractivity contribution >= 4 is 23.4 Å². The van der Waals surface area contributed by atoms with Crippen LogP contribution in [0, 0.1) is 11.3 Å². The molecule has 1 aromatic heterocycles. The van der Waals surface area contributed by atoms with Crippen molar-refractivity contribution in [2.24, 2.45) is 0 Å². The van der Waals surface area contributed by atoms with Crippen molar-refractivity contribution in [2.75, 3.05) is 63.3 Å². The molecule has 2 aromatic rings. The molecule has 0 N–H and O–H groups in total. The first-order chi connectivity index (χ1) is 21.9. The highest BCUT2D eigenvalue weighted by molar-refractivity contribution is 5.90. The number of hydrogen-bond donors (Lipinski definition) is 0. The van der Waals surface area contributed by atoms with E-state index >= 15 is 0 Å². The summed E-state index contributed by atoms with van der Waals surface area (Å²) in [4.78, 5) is 43.6. The summed E-state index contributed by atoms with van der Waals surface area (Å²) < 4.78 is 11.3. The number of aromatic nitrogens is 2. The lowest BCUT2D eigenvalue weighted by Crippen LogP contribution is -2.55. The third-order valence-electron chi connectivity index (χ3n) is 9.95. The van der Waals surface area contributed by atoms with Gasteiger partial charge < -0.3 is 29.1 Å². The molecule has 1 amide bonds. The number of carbonyl (C=O) groups is 2. The fourth-order valence-corrected chi connectivity index (χ4v) is 7.49. The molecule has 11 nitrogen and oxygen atoms in total. The smallest absolute Gasteiger partial charge is 0.337 e. The molecule has 0 bridgehead atoms. The molecule has 0 spiro atoms. The SMILES string of the molecule is C=CC(=O)N1CCN(c2nc(OCC3CCCN3C)nc3c2CCC(N2CCCc4cc(C(=O)OC)ccc42)C3)CC1CC#N. The lowest BCUT2D eigenvalue weighted by molar-refractivity contribution is -0.128. The Kier molecular flexibility index (Phi) is 9.21. The van der Waals surface area contributed by atoms with E-state index in [1.165, 1.54) is 24.4 Å². The number of hydrogen-bond acceptors (Lipinski definition) is 10. The van der Waals surface area contributed by atoms with Crippen molar-refractivity contribution in [3.05, 3.63) is 53.2 Å². The first kappa shape index (κ1) is 30.8. The number of benzene rings is 1. The number of likely N-dealkylation sites (N-methyl/N-ethyl adjacent to an activating group) is 1.